The molecule has 0 amide bonds. The first kappa shape index (κ1) is 13.7. The highest BCUT2D eigenvalue weighted by Gasteiger charge is 2.14. The first-order valence-electron chi connectivity index (χ1n) is 6.28. The van der Waals surface area contributed by atoms with Crippen molar-refractivity contribution in [2.75, 3.05) is 6.61 Å². The average molecular weight is 276 g/mol. The van der Waals surface area contributed by atoms with Gasteiger partial charge >= 0.3 is 5.97 Å². The molecule has 100 valence electrons. The summed E-state index contributed by atoms with van der Waals surface area (Å²) in [5.41, 5.74) is 1.22. The van der Waals surface area contributed by atoms with Crippen molar-refractivity contribution in [3.8, 4) is 0 Å². The van der Waals surface area contributed by atoms with Crippen molar-refractivity contribution in [1.82, 2.24) is 9.97 Å². The number of hydrogen-bond acceptors (Lipinski definition) is 5. The first-order valence-corrected chi connectivity index (χ1v) is 7.16. The number of hydrogen-bond donors (Lipinski definition) is 0. The molecule has 0 saturated carbocycles. The molecule has 0 unspecified atom stereocenters. The van der Waals surface area contributed by atoms with Crippen molar-refractivity contribution < 1.29 is 9.53 Å². The van der Waals surface area contributed by atoms with Gasteiger partial charge in [-0.15, -0.1) is 11.3 Å². The Bertz CT molecular complexity index is 553. The van der Waals surface area contributed by atoms with Crippen molar-refractivity contribution in [1.29, 1.82) is 0 Å². The lowest BCUT2D eigenvalue weighted by molar-refractivity contribution is 0.0524. The van der Waals surface area contributed by atoms with Crippen LogP contribution in [0, 0.1) is 0 Å². The molecule has 0 saturated heterocycles. The summed E-state index contributed by atoms with van der Waals surface area (Å²) in [6.45, 7) is 4.12. The maximum absolute atomic E-state index is 11.8. The molecule has 0 aliphatic carbocycles. The van der Waals surface area contributed by atoms with Crippen LogP contribution < -0.4 is 0 Å². The summed E-state index contributed by atoms with van der Waals surface area (Å²) in [5, 5.41) is 2.03. The van der Waals surface area contributed by atoms with Crippen molar-refractivity contribution in [3.63, 3.8) is 0 Å². The molecular weight excluding hydrogens is 260 g/mol. The minimum Gasteiger partial charge on any atom is -0.462 e. The molecule has 2 aromatic rings. The Morgan fingerprint density at radius 3 is 2.89 bits per heavy atom. The summed E-state index contributed by atoms with van der Waals surface area (Å²) in [7, 11) is 0. The highest BCUT2D eigenvalue weighted by Crippen LogP contribution is 2.14. The van der Waals surface area contributed by atoms with Crippen LogP contribution in [-0.4, -0.2) is 22.5 Å². The van der Waals surface area contributed by atoms with Gasteiger partial charge < -0.3 is 4.74 Å². The van der Waals surface area contributed by atoms with Crippen LogP contribution >= 0.6 is 11.3 Å². The van der Waals surface area contributed by atoms with Crippen molar-refractivity contribution in [2.45, 2.75) is 26.7 Å². The fraction of sp³-hybridized carbons (Fsp3) is 0.357. The molecule has 2 rings (SSSR count). The molecule has 4 nitrogen and oxygen atoms in total. The van der Waals surface area contributed by atoms with E-state index in [0.717, 1.165) is 11.5 Å². The van der Waals surface area contributed by atoms with Gasteiger partial charge in [0.1, 0.15) is 5.82 Å². The molecule has 0 N–H and O–H groups in total. The Balaban J connectivity index is 2.23. The number of thiophene rings is 1. The lowest BCUT2D eigenvalue weighted by Crippen LogP contribution is -2.12. The predicted molar refractivity (Wildman–Crippen MR) is 74.5 cm³/mol. The largest absolute Gasteiger partial charge is 0.462 e. The molecule has 0 aliphatic rings. The van der Waals surface area contributed by atoms with E-state index < -0.39 is 0 Å². The maximum Gasteiger partial charge on any atom is 0.341 e. The van der Waals surface area contributed by atoms with Crippen LogP contribution in [0.1, 0.15) is 40.6 Å². The SMILES string of the molecule is CCOC(=O)c1cnc(Cc2cccs2)nc1CC. The monoisotopic (exact) mass is 276 g/mol. The molecule has 2 aromatic heterocycles. The third-order valence-electron chi connectivity index (χ3n) is 2.66. The molecule has 2 heterocycles. The van der Waals surface area contributed by atoms with Crippen LogP contribution in [0.3, 0.4) is 0 Å². The third-order valence-corrected chi connectivity index (χ3v) is 3.54. The zero-order valence-electron chi connectivity index (χ0n) is 11.0. The number of aryl methyl sites for hydroxylation is 1. The fourth-order valence-electron chi connectivity index (χ4n) is 1.76. The molecule has 0 aromatic carbocycles. The predicted octanol–water partition coefficient (Wildman–Crippen LogP) is 2.87. The van der Waals surface area contributed by atoms with Crippen LogP contribution in [0.25, 0.3) is 0 Å². The van der Waals surface area contributed by atoms with E-state index in [4.69, 9.17) is 4.74 Å². The van der Waals surface area contributed by atoms with Crippen LogP contribution in [0.15, 0.2) is 23.7 Å². The number of carbonyl (C=O) groups excluding carboxylic acids is 1. The number of rotatable bonds is 5. The summed E-state index contributed by atoms with van der Waals surface area (Å²) in [4.78, 5) is 21.7. The molecule has 5 heteroatoms. The van der Waals surface area contributed by atoms with E-state index in [-0.39, 0.29) is 5.97 Å². The van der Waals surface area contributed by atoms with E-state index in [1.165, 1.54) is 4.88 Å². The maximum atomic E-state index is 11.8. The van der Waals surface area contributed by atoms with Gasteiger partial charge in [0.25, 0.3) is 0 Å². The van der Waals surface area contributed by atoms with E-state index >= 15 is 0 Å². The number of nitrogens with zero attached hydrogens (tertiary/aromatic N) is 2. The molecule has 0 atom stereocenters. The van der Waals surface area contributed by atoms with Gasteiger partial charge in [0.15, 0.2) is 0 Å². The van der Waals surface area contributed by atoms with Gasteiger partial charge in [0.05, 0.1) is 17.9 Å². The van der Waals surface area contributed by atoms with E-state index in [2.05, 4.69) is 16.0 Å². The van der Waals surface area contributed by atoms with Crippen molar-refractivity contribution in [2.24, 2.45) is 0 Å². The minimum absolute atomic E-state index is 0.345. The Labute approximate surface area is 116 Å². The number of ether oxygens (including phenoxy) is 1. The van der Waals surface area contributed by atoms with Crippen LogP contribution in [-0.2, 0) is 17.6 Å². The van der Waals surface area contributed by atoms with Crippen molar-refractivity contribution >= 4 is 17.3 Å². The fourth-order valence-corrected chi connectivity index (χ4v) is 2.46. The van der Waals surface area contributed by atoms with Gasteiger partial charge in [-0.1, -0.05) is 13.0 Å². The molecule has 0 spiro atoms. The first-order chi connectivity index (χ1) is 9.24. The highest BCUT2D eigenvalue weighted by atomic mass is 32.1. The topological polar surface area (TPSA) is 52.1 Å². The van der Waals surface area contributed by atoms with Gasteiger partial charge in [-0.3, -0.25) is 0 Å². The molecule has 19 heavy (non-hydrogen) atoms. The summed E-state index contributed by atoms with van der Waals surface area (Å²) in [6, 6.07) is 4.06. The number of esters is 1. The van der Waals surface area contributed by atoms with E-state index in [9.17, 15) is 4.79 Å². The second-order valence-corrected chi connectivity index (χ2v) is 5.01. The zero-order valence-corrected chi connectivity index (χ0v) is 11.9. The molecule has 0 fully saturated rings. The normalized spacial score (nSPS) is 10.4. The van der Waals surface area contributed by atoms with Crippen LogP contribution in [0.5, 0.6) is 0 Å². The average Bonchev–Trinajstić information content (AvgIpc) is 2.91. The second-order valence-electron chi connectivity index (χ2n) is 3.98. The summed E-state index contributed by atoms with van der Waals surface area (Å²) < 4.78 is 5.00. The number of carbonyl (C=O) groups is 1. The summed E-state index contributed by atoms with van der Waals surface area (Å²) >= 11 is 1.68. The molecule has 0 bridgehead atoms. The molecule has 0 radical (unpaired) electrons. The zero-order chi connectivity index (χ0) is 13.7. The Kier molecular flexibility index (Phi) is 4.63. The minimum atomic E-state index is -0.345. The van der Waals surface area contributed by atoms with Crippen molar-refractivity contribution in [3.05, 3.63) is 45.7 Å². The highest BCUT2D eigenvalue weighted by molar-refractivity contribution is 7.09. The Morgan fingerprint density at radius 2 is 2.26 bits per heavy atom. The van der Waals surface area contributed by atoms with E-state index in [0.29, 0.717) is 25.0 Å². The standard InChI is InChI=1S/C14H16N2O2S/c1-3-12-11(14(17)18-4-2)9-15-13(16-12)8-10-6-5-7-19-10/h5-7,9H,3-4,8H2,1-2H3. The van der Waals surface area contributed by atoms with Crippen LogP contribution in [0.2, 0.25) is 0 Å². The summed E-state index contributed by atoms with van der Waals surface area (Å²) in [5.74, 6) is 0.398. The lowest BCUT2D eigenvalue weighted by atomic mass is 10.2. The number of aromatic nitrogens is 2. The summed E-state index contributed by atoms with van der Waals surface area (Å²) in [6.07, 6.45) is 2.97. The smallest absolute Gasteiger partial charge is 0.341 e. The van der Waals surface area contributed by atoms with Gasteiger partial charge in [-0.2, -0.15) is 0 Å². The van der Waals surface area contributed by atoms with E-state index in [1.54, 1.807) is 24.5 Å². The van der Waals surface area contributed by atoms with Gasteiger partial charge in [-0.25, -0.2) is 14.8 Å². The molecule has 0 aliphatic heterocycles. The van der Waals surface area contributed by atoms with E-state index in [1.807, 2.05) is 18.4 Å². The van der Waals surface area contributed by atoms with Gasteiger partial charge in [0.2, 0.25) is 0 Å². The van der Waals surface area contributed by atoms with Gasteiger partial charge in [0, 0.05) is 17.5 Å². The third kappa shape index (κ3) is 3.38. The lowest BCUT2D eigenvalue weighted by Gasteiger charge is -2.07. The second kappa shape index (κ2) is 6.43. The molecular formula is C14H16N2O2S. The Hall–Kier alpha value is -1.75. The van der Waals surface area contributed by atoms with Gasteiger partial charge in [-0.05, 0) is 24.8 Å². The Morgan fingerprint density at radius 1 is 1.42 bits per heavy atom. The quantitative estimate of drug-likeness (QED) is 0.788. The van der Waals surface area contributed by atoms with Crippen LogP contribution in [0.4, 0.5) is 0 Å².